The summed E-state index contributed by atoms with van der Waals surface area (Å²) >= 11 is 0. The highest BCUT2D eigenvalue weighted by Gasteiger charge is 2.34. The average molecular weight is 323 g/mol. The number of hydrogen-bond donors (Lipinski definition) is 4. The van der Waals surface area contributed by atoms with Crippen molar-refractivity contribution in [3.8, 4) is 5.75 Å². The van der Waals surface area contributed by atoms with E-state index in [0.717, 1.165) is 0 Å². The van der Waals surface area contributed by atoms with Crippen LogP contribution in [0.2, 0.25) is 0 Å². The molecule has 0 saturated carbocycles. The molecule has 0 radical (unpaired) electrons. The summed E-state index contributed by atoms with van der Waals surface area (Å²) in [4.78, 5) is 13.2. The monoisotopic (exact) mass is 323 g/mol. The van der Waals surface area contributed by atoms with Crippen LogP contribution in [0.25, 0.3) is 0 Å². The first-order chi connectivity index (χ1) is 10.7. The van der Waals surface area contributed by atoms with E-state index in [9.17, 15) is 20.1 Å². The van der Waals surface area contributed by atoms with E-state index >= 15 is 0 Å². The summed E-state index contributed by atoms with van der Waals surface area (Å²) in [6, 6.07) is 8.69. The van der Waals surface area contributed by atoms with Crippen LogP contribution in [-0.4, -0.2) is 56.6 Å². The molecule has 0 saturated heterocycles. The first-order valence-corrected chi connectivity index (χ1v) is 7.01. The van der Waals surface area contributed by atoms with Gasteiger partial charge in [-0.15, -0.1) is 0 Å². The molecule has 0 aliphatic rings. The number of aromatic hydroxyl groups is 1. The Morgan fingerprint density at radius 2 is 1.91 bits per heavy atom. The van der Waals surface area contributed by atoms with Crippen LogP contribution in [0.15, 0.2) is 35.1 Å². The number of nitrogens with zero attached hydrogens (tertiary/aromatic N) is 2. The van der Waals surface area contributed by atoms with Crippen LogP contribution in [0.5, 0.6) is 5.75 Å². The van der Waals surface area contributed by atoms with Gasteiger partial charge >= 0.3 is 5.56 Å². The van der Waals surface area contributed by atoms with Crippen molar-refractivity contribution >= 4 is 0 Å². The predicted molar refractivity (Wildman–Crippen MR) is 82.8 cm³/mol. The largest absolute Gasteiger partial charge is 0.502 e. The fraction of sp³-hybridized carbons (Fsp3) is 0.400. The second-order valence-corrected chi connectivity index (χ2v) is 5.62. The van der Waals surface area contributed by atoms with E-state index in [2.05, 4.69) is 5.10 Å². The van der Waals surface area contributed by atoms with Gasteiger partial charge in [0.05, 0.1) is 6.54 Å². The Labute approximate surface area is 133 Å². The molecule has 126 valence electrons. The average Bonchev–Trinajstić information content (AvgIpc) is 2.69. The first kappa shape index (κ1) is 17.2. The first-order valence-electron chi connectivity index (χ1n) is 7.01. The van der Waals surface area contributed by atoms with Crippen LogP contribution in [0.1, 0.15) is 17.4 Å². The normalized spacial score (nSPS) is 13.5. The fourth-order valence-electron chi connectivity index (χ4n) is 2.39. The van der Waals surface area contributed by atoms with Gasteiger partial charge in [-0.1, -0.05) is 30.3 Å². The summed E-state index contributed by atoms with van der Waals surface area (Å²) in [5.74, 6) is -2.99. The fourth-order valence-corrected chi connectivity index (χ4v) is 2.39. The highest BCUT2D eigenvalue weighted by molar-refractivity contribution is 5.34. The van der Waals surface area contributed by atoms with E-state index in [1.165, 1.54) is 16.6 Å². The van der Waals surface area contributed by atoms with Crippen LogP contribution >= 0.6 is 0 Å². The number of aryl methyl sites for hydroxylation is 1. The molecule has 0 fully saturated rings. The van der Waals surface area contributed by atoms with E-state index in [0.29, 0.717) is 5.56 Å². The van der Waals surface area contributed by atoms with Gasteiger partial charge in [0, 0.05) is 7.05 Å². The molecule has 0 aliphatic heterocycles. The molecular weight excluding hydrogens is 302 g/mol. The number of aromatic nitrogens is 2. The number of aromatic amines is 1. The second kappa shape index (κ2) is 6.55. The Kier molecular flexibility index (Phi) is 4.90. The zero-order valence-electron chi connectivity index (χ0n) is 13.2. The van der Waals surface area contributed by atoms with Crippen molar-refractivity contribution in [1.82, 2.24) is 14.7 Å². The summed E-state index contributed by atoms with van der Waals surface area (Å²) in [5, 5.41) is 32.6. The highest BCUT2D eigenvalue weighted by Crippen LogP contribution is 2.32. The summed E-state index contributed by atoms with van der Waals surface area (Å²) in [5.41, 5.74) is -0.0165. The maximum absolute atomic E-state index is 11.6. The lowest BCUT2D eigenvalue weighted by Gasteiger charge is -2.30. The smallest absolute Gasteiger partial charge is 0.306 e. The number of rotatable bonds is 6. The zero-order valence-corrected chi connectivity index (χ0v) is 13.2. The Balaban J connectivity index is 2.47. The van der Waals surface area contributed by atoms with Gasteiger partial charge in [0.1, 0.15) is 11.8 Å². The van der Waals surface area contributed by atoms with E-state index < -0.39 is 23.4 Å². The molecule has 8 nitrogen and oxygen atoms in total. The van der Waals surface area contributed by atoms with Crippen molar-refractivity contribution < 1.29 is 20.1 Å². The number of nitrogens with one attached hydrogen (secondary N) is 1. The second-order valence-electron chi connectivity index (χ2n) is 5.62. The molecule has 1 atom stereocenters. The van der Waals surface area contributed by atoms with Gasteiger partial charge in [-0.2, -0.15) is 0 Å². The van der Waals surface area contributed by atoms with Crippen LogP contribution in [0.4, 0.5) is 0 Å². The molecule has 0 spiro atoms. The number of likely N-dealkylation sites (N-methyl/N-ethyl adjacent to an activating group) is 1. The molecule has 4 N–H and O–H groups in total. The van der Waals surface area contributed by atoms with Crippen molar-refractivity contribution in [3.05, 3.63) is 51.9 Å². The van der Waals surface area contributed by atoms with Gasteiger partial charge in [0.2, 0.25) is 5.75 Å². The molecule has 0 amide bonds. The third-order valence-corrected chi connectivity index (χ3v) is 3.27. The van der Waals surface area contributed by atoms with E-state index in [4.69, 9.17) is 4.74 Å². The van der Waals surface area contributed by atoms with Gasteiger partial charge in [-0.3, -0.25) is 14.6 Å². The van der Waals surface area contributed by atoms with Crippen molar-refractivity contribution in [1.29, 1.82) is 0 Å². The van der Waals surface area contributed by atoms with Crippen LogP contribution < -0.4 is 5.56 Å². The number of H-pyrrole nitrogens is 1. The SMILES string of the molecule is CN(C)CC(O)(O)OC(c1ccccc1)c1c(O)c(=O)[nH]n1C. The van der Waals surface area contributed by atoms with Gasteiger partial charge in [0.15, 0.2) is 0 Å². The third-order valence-electron chi connectivity index (χ3n) is 3.27. The van der Waals surface area contributed by atoms with Crippen molar-refractivity contribution in [2.75, 3.05) is 20.6 Å². The maximum Gasteiger partial charge on any atom is 0.306 e. The molecule has 23 heavy (non-hydrogen) atoms. The third kappa shape index (κ3) is 3.99. The molecule has 1 heterocycles. The lowest BCUT2D eigenvalue weighted by atomic mass is 10.1. The highest BCUT2D eigenvalue weighted by atomic mass is 16.8. The summed E-state index contributed by atoms with van der Waals surface area (Å²) in [7, 11) is 4.84. The topological polar surface area (TPSA) is 111 Å². The minimum Gasteiger partial charge on any atom is -0.502 e. The molecule has 1 aromatic heterocycles. The quantitative estimate of drug-likeness (QED) is 0.545. The maximum atomic E-state index is 11.6. The number of ether oxygens (including phenoxy) is 1. The van der Waals surface area contributed by atoms with Gasteiger partial charge in [0.25, 0.3) is 5.97 Å². The summed E-state index contributed by atoms with van der Waals surface area (Å²) in [6.45, 7) is -0.185. The molecule has 1 aromatic carbocycles. The van der Waals surface area contributed by atoms with Gasteiger partial charge in [-0.25, -0.2) is 0 Å². The van der Waals surface area contributed by atoms with E-state index in [-0.39, 0.29) is 12.2 Å². The minimum absolute atomic E-state index is 0.104. The Morgan fingerprint density at radius 1 is 1.30 bits per heavy atom. The Hall–Kier alpha value is -2.13. The summed E-state index contributed by atoms with van der Waals surface area (Å²) < 4.78 is 6.72. The lowest BCUT2D eigenvalue weighted by molar-refractivity contribution is -0.354. The number of hydrogen-bond acceptors (Lipinski definition) is 6. The standard InChI is InChI=1S/C15H21N3O5/c1-17(2)9-15(21,22)23-13(10-7-5-4-6-8-10)11-12(19)14(20)16-18(11)3/h4-8,13,19,21-22H,9H2,1-3H3,(H,16,20). The van der Waals surface area contributed by atoms with Crippen molar-refractivity contribution in [3.63, 3.8) is 0 Å². The zero-order chi connectivity index (χ0) is 17.2. The molecule has 8 heteroatoms. The molecule has 1 unspecified atom stereocenters. The lowest BCUT2D eigenvalue weighted by Crippen LogP contribution is -2.43. The molecule has 2 rings (SSSR count). The van der Waals surface area contributed by atoms with E-state index in [1.807, 2.05) is 0 Å². The summed E-state index contributed by atoms with van der Waals surface area (Å²) in [6.07, 6.45) is -1.05. The molecular formula is C15H21N3O5. The van der Waals surface area contributed by atoms with Crippen molar-refractivity contribution in [2.45, 2.75) is 12.1 Å². The number of benzene rings is 1. The Bertz CT molecular complexity index is 706. The molecule has 0 aliphatic carbocycles. The van der Waals surface area contributed by atoms with Gasteiger partial charge in [-0.05, 0) is 19.7 Å². The number of aliphatic hydroxyl groups is 2. The van der Waals surface area contributed by atoms with Gasteiger partial charge < -0.3 is 25.0 Å². The predicted octanol–water partition coefficient (Wildman–Crippen LogP) is -0.275. The van der Waals surface area contributed by atoms with E-state index in [1.54, 1.807) is 44.4 Å². The van der Waals surface area contributed by atoms with Crippen LogP contribution in [-0.2, 0) is 11.8 Å². The molecule has 0 bridgehead atoms. The van der Waals surface area contributed by atoms with Crippen LogP contribution in [0, 0.1) is 0 Å². The minimum atomic E-state index is -2.47. The van der Waals surface area contributed by atoms with Crippen LogP contribution in [0.3, 0.4) is 0 Å². The molecule has 2 aromatic rings. The van der Waals surface area contributed by atoms with Crippen molar-refractivity contribution in [2.24, 2.45) is 7.05 Å². The Morgan fingerprint density at radius 3 is 2.39 bits per heavy atom.